The monoisotopic (exact) mass is 232 g/mol. The van der Waals surface area contributed by atoms with Crippen LogP contribution in [0.3, 0.4) is 0 Å². The van der Waals surface area contributed by atoms with E-state index in [0.717, 1.165) is 17.6 Å². The molecule has 0 saturated heterocycles. The number of halogens is 2. The zero-order valence-electron chi connectivity index (χ0n) is 9.66. The fraction of sp³-hybridized carbons (Fsp3) is 0.200. The van der Waals surface area contributed by atoms with E-state index in [1.54, 1.807) is 12.1 Å². The van der Waals surface area contributed by atoms with Crippen molar-refractivity contribution in [3.63, 3.8) is 0 Å². The van der Waals surface area contributed by atoms with Gasteiger partial charge in [-0.3, -0.25) is 0 Å². The standard InChI is InChI=1S/C15H14F2/c1-11(13-6-9-15(17)10-7-13)12-3-2-4-14(16)8-5-12/h2,4-11H,3H2,1H3. The van der Waals surface area contributed by atoms with Crippen molar-refractivity contribution in [1.29, 1.82) is 0 Å². The van der Waals surface area contributed by atoms with Crippen molar-refractivity contribution in [2.45, 2.75) is 19.3 Å². The van der Waals surface area contributed by atoms with E-state index in [4.69, 9.17) is 0 Å². The summed E-state index contributed by atoms with van der Waals surface area (Å²) in [4.78, 5) is 0. The molecule has 1 aromatic rings. The summed E-state index contributed by atoms with van der Waals surface area (Å²) in [5.41, 5.74) is 2.17. The minimum Gasteiger partial charge on any atom is -0.207 e. The number of hydrogen-bond donors (Lipinski definition) is 0. The minimum atomic E-state index is -0.235. The fourth-order valence-electron chi connectivity index (χ4n) is 1.90. The predicted octanol–water partition coefficient (Wildman–Crippen LogP) is 4.67. The number of rotatable bonds is 2. The van der Waals surface area contributed by atoms with Crippen LogP contribution in [-0.4, -0.2) is 0 Å². The molecule has 0 saturated carbocycles. The van der Waals surface area contributed by atoms with E-state index in [1.165, 1.54) is 24.3 Å². The average Bonchev–Trinajstić information content (AvgIpc) is 2.54. The summed E-state index contributed by atoms with van der Waals surface area (Å²) < 4.78 is 25.8. The average molecular weight is 232 g/mol. The Morgan fingerprint density at radius 1 is 1.06 bits per heavy atom. The smallest absolute Gasteiger partial charge is 0.123 e. The molecule has 1 aliphatic carbocycles. The molecule has 0 bridgehead atoms. The second-order valence-electron chi connectivity index (χ2n) is 4.17. The molecule has 0 fully saturated rings. The van der Waals surface area contributed by atoms with Crippen LogP contribution in [0.4, 0.5) is 8.78 Å². The lowest BCUT2D eigenvalue weighted by molar-refractivity contribution is 0.626. The zero-order valence-corrected chi connectivity index (χ0v) is 9.66. The van der Waals surface area contributed by atoms with Crippen LogP contribution in [0.2, 0.25) is 0 Å². The Balaban J connectivity index is 2.23. The highest BCUT2D eigenvalue weighted by Gasteiger charge is 2.11. The third-order valence-electron chi connectivity index (χ3n) is 3.01. The van der Waals surface area contributed by atoms with Crippen LogP contribution in [-0.2, 0) is 0 Å². The Morgan fingerprint density at radius 3 is 2.47 bits per heavy atom. The van der Waals surface area contributed by atoms with Gasteiger partial charge in [0.05, 0.1) is 0 Å². The van der Waals surface area contributed by atoms with Crippen LogP contribution >= 0.6 is 0 Å². The minimum absolute atomic E-state index is 0.169. The lowest BCUT2D eigenvalue weighted by Crippen LogP contribution is -1.97. The molecule has 0 amide bonds. The van der Waals surface area contributed by atoms with E-state index in [-0.39, 0.29) is 17.6 Å². The van der Waals surface area contributed by atoms with E-state index < -0.39 is 0 Å². The molecule has 1 aromatic carbocycles. The van der Waals surface area contributed by atoms with Gasteiger partial charge in [-0.05, 0) is 36.3 Å². The molecule has 2 rings (SSSR count). The molecule has 17 heavy (non-hydrogen) atoms. The van der Waals surface area contributed by atoms with Gasteiger partial charge in [-0.2, -0.15) is 0 Å². The Labute approximate surface area is 100.0 Å². The maximum Gasteiger partial charge on any atom is 0.123 e. The largest absolute Gasteiger partial charge is 0.207 e. The van der Waals surface area contributed by atoms with Gasteiger partial charge in [0.15, 0.2) is 0 Å². The van der Waals surface area contributed by atoms with Gasteiger partial charge in [-0.25, -0.2) is 8.78 Å². The van der Waals surface area contributed by atoms with Crippen molar-refractivity contribution in [2.24, 2.45) is 0 Å². The van der Waals surface area contributed by atoms with Crippen LogP contribution in [0.25, 0.3) is 0 Å². The molecular formula is C15H14F2. The van der Waals surface area contributed by atoms with Crippen molar-refractivity contribution in [2.75, 3.05) is 0 Å². The molecule has 1 unspecified atom stereocenters. The molecular weight excluding hydrogens is 218 g/mol. The normalized spacial score (nSPS) is 17.1. The summed E-state index contributed by atoms with van der Waals surface area (Å²) in [7, 11) is 0. The predicted molar refractivity (Wildman–Crippen MR) is 65.8 cm³/mol. The van der Waals surface area contributed by atoms with Gasteiger partial charge in [0, 0.05) is 5.92 Å². The Bertz CT molecular complexity index is 478. The second kappa shape index (κ2) is 5.09. The highest BCUT2D eigenvalue weighted by molar-refractivity contribution is 5.35. The van der Waals surface area contributed by atoms with Crippen molar-refractivity contribution in [3.8, 4) is 0 Å². The summed E-state index contributed by atoms with van der Waals surface area (Å²) in [6.45, 7) is 2.05. The maximum atomic E-state index is 13.0. The second-order valence-corrected chi connectivity index (χ2v) is 4.17. The highest BCUT2D eigenvalue weighted by atomic mass is 19.1. The summed E-state index contributed by atoms with van der Waals surface area (Å²) in [6, 6.07) is 6.45. The summed E-state index contributed by atoms with van der Waals surface area (Å²) in [6.07, 6.45) is 7.29. The van der Waals surface area contributed by atoms with Gasteiger partial charge >= 0.3 is 0 Å². The fourth-order valence-corrected chi connectivity index (χ4v) is 1.90. The molecule has 1 aliphatic rings. The van der Waals surface area contributed by atoms with Gasteiger partial charge in [0.2, 0.25) is 0 Å². The molecule has 0 N–H and O–H groups in total. The van der Waals surface area contributed by atoms with Crippen LogP contribution in [0.1, 0.15) is 24.8 Å². The van der Waals surface area contributed by atoms with E-state index >= 15 is 0 Å². The van der Waals surface area contributed by atoms with Crippen molar-refractivity contribution < 1.29 is 8.78 Å². The van der Waals surface area contributed by atoms with Crippen molar-refractivity contribution in [3.05, 3.63) is 71.4 Å². The number of hydrogen-bond acceptors (Lipinski definition) is 0. The Kier molecular flexibility index (Phi) is 3.52. The Morgan fingerprint density at radius 2 is 1.76 bits per heavy atom. The lowest BCUT2D eigenvalue weighted by Gasteiger charge is -2.14. The van der Waals surface area contributed by atoms with Crippen LogP contribution in [0.5, 0.6) is 0 Å². The van der Waals surface area contributed by atoms with Crippen molar-refractivity contribution in [1.82, 2.24) is 0 Å². The van der Waals surface area contributed by atoms with Gasteiger partial charge in [0.1, 0.15) is 11.6 Å². The van der Waals surface area contributed by atoms with Gasteiger partial charge < -0.3 is 0 Å². The first-order valence-electron chi connectivity index (χ1n) is 5.65. The molecule has 0 radical (unpaired) electrons. The first-order chi connectivity index (χ1) is 8.16. The van der Waals surface area contributed by atoms with Gasteiger partial charge in [0.25, 0.3) is 0 Å². The van der Waals surface area contributed by atoms with Crippen molar-refractivity contribution >= 4 is 0 Å². The van der Waals surface area contributed by atoms with E-state index in [9.17, 15) is 8.78 Å². The summed E-state index contributed by atoms with van der Waals surface area (Å²) >= 11 is 0. The third-order valence-corrected chi connectivity index (χ3v) is 3.01. The van der Waals surface area contributed by atoms with Crippen LogP contribution < -0.4 is 0 Å². The van der Waals surface area contributed by atoms with Gasteiger partial charge in [-0.15, -0.1) is 0 Å². The van der Waals surface area contributed by atoms with E-state index in [2.05, 4.69) is 0 Å². The summed E-state index contributed by atoms with van der Waals surface area (Å²) in [5.74, 6) is -0.296. The molecule has 0 aromatic heterocycles. The zero-order chi connectivity index (χ0) is 12.3. The quantitative estimate of drug-likeness (QED) is 0.695. The molecule has 88 valence electrons. The first-order valence-corrected chi connectivity index (χ1v) is 5.65. The highest BCUT2D eigenvalue weighted by Crippen LogP contribution is 2.28. The van der Waals surface area contributed by atoms with E-state index in [0.29, 0.717) is 0 Å². The number of benzene rings is 1. The topological polar surface area (TPSA) is 0 Å². The third kappa shape index (κ3) is 2.90. The summed E-state index contributed by atoms with van der Waals surface area (Å²) in [5, 5.41) is 0. The number of allylic oxidation sites excluding steroid dienone is 6. The Hall–Kier alpha value is -1.70. The molecule has 2 heteroatoms. The molecule has 1 atom stereocenters. The molecule has 0 heterocycles. The van der Waals surface area contributed by atoms with Crippen LogP contribution in [0.15, 0.2) is 60.0 Å². The van der Waals surface area contributed by atoms with Gasteiger partial charge in [-0.1, -0.05) is 36.8 Å². The maximum absolute atomic E-state index is 13.0. The molecule has 0 nitrogen and oxygen atoms in total. The first kappa shape index (κ1) is 11.8. The van der Waals surface area contributed by atoms with Crippen LogP contribution in [0, 0.1) is 5.82 Å². The SMILES string of the molecule is CC(C1=CC=C(F)C=CC1)c1ccc(F)cc1. The van der Waals surface area contributed by atoms with E-state index in [1.807, 2.05) is 19.1 Å². The molecule has 0 spiro atoms. The lowest BCUT2D eigenvalue weighted by atomic mass is 9.91. The molecule has 0 aliphatic heterocycles.